The summed E-state index contributed by atoms with van der Waals surface area (Å²) in [5, 5.41) is 30.6. The first-order valence-electron chi connectivity index (χ1n) is 5.26. The Morgan fingerprint density at radius 2 is 1.71 bits per heavy atom. The molecule has 1 amide bonds. The Kier molecular flexibility index (Phi) is 3.63. The molecule has 1 aromatic carbocycles. The summed E-state index contributed by atoms with van der Waals surface area (Å²) in [6.45, 7) is 4.93. The van der Waals surface area contributed by atoms with Crippen LogP contribution in [-0.2, 0) is 0 Å². The number of carbonyl (C=O) groups excluding carboxylic acids is 1. The number of aliphatic hydroxyl groups excluding tert-OH is 1. The van der Waals surface area contributed by atoms with E-state index in [2.05, 4.69) is 5.32 Å². The lowest BCUT2D eigenvalue weighted by Crippen LogP contribution is -2.50. The van der Waals surface area contributed by atoms with Crippen molar-refractivity contribution in [1.29, 1.82) is 0 Å². The van der Waals surface area contributed by atoms with E-state index >= 15 is 0 Å². The summed E-state index contributed by atoms with van der Waals surface area (Å²) in [6.07, 6.45) is -0.725. The van der Waals surface area contributed by atoms with Gasteiger partial charge in [0.05, 0.1) is 11.6 Å². The van der Waals surface area contributed by atoms with E-state index in [0.717, 1.165) is 6.07 Å². The number of aliphatic hydroxyl groups is 1. The van der Waals surface area contributed by atoms with Gasteiger partial charge in [-0.15, -0.1) is 0 Å². The Labute approximate surface area is 99.7 Å². The van der Waals surface area contributed by atoms with Gasteiger partial charge in [-0.1, -0.05) is 0 Å². The number of aromatic hydroxyl groups is 2. The molecule has 1 aromatic rings. The van der Waals surface area contributed by atoms with Gasteiger partial charge in [0.1, 0.15) is 11.5 Å². The first-order chi connectivity index (χ1) is 7.72. The van der Waals surface area contributed by atoms with Gasteiger partial charge < -0.3 is 20.6 Å². The van der Waals surface area contributed by atoms with Crippen LogP contribution in [0.2, 0.25) is 0 Å². The quantitative estimate of drug-likeness (QED) is 0.633. The van der Waals surface area contributed by atoms with Gasteiger partial charge in [-0.2, -0.15) is 0 Å². The number of benzene rings is 1. The van der Waals surface area contributed by atoms with Gasteiger partial charge >= 0.3 is 0 Å². The number of phenols is 2. The van der Waals surface area contributed by atoms with Crippen LogP contribution in [0.1, 0.15) is 31.1 Å². The Morgan fingerprint density at radius 3 is 2.12 bits per heavy atom. The second-order valence-electron chi connectivity index (χ2n) is 4.59. The van der Waals surface area contributed by atoms with Crippen LogP contribution in [0.25, 0.3) is 0 Å². The van der Waals surface area contributed by atoms with Crippen molar-refractivity contribution < 1.29 is 20.1 Å². The number of rotatable bonds is 3. The van der Waals surface area contributed by atoms with Crippen molar-refractivity contribution in [2.75, 3.05) is 0 Å². The molecule has 0 saturated carbocycles. The number of hydrogen-bond donors (Lipinski definition) is 4. The highest BCUT2D eigenvalue weighted by atomic mass is 16.3. The average molecular weight is 239 g/mol. The van der Waals surface area contributed by atoms with Crippen molar-refractivity contribution >= 4 is 5.91 Å². The summed E-state index contributed by atoms with van der Waals surface area (Å²) in [5.41, 5.74) is -0.658. The van der Waals surface area contributed by atoms with E-state index in [4.69, 9.17) is 0 Å². The van der Waals surface area contributed by atoms with Crippen molar-refractivity contribution in [3.8, 4) is 11.5 Å². The van der Waals surface area contributed by atoms with E-state index in [0.29, 0.717) is 0 Å². The maximum absolute atomic E-state index is 11.8. The van der Waals surface area contributed by atoms with Crippen molar-refractivity contribution in [3.05, 3.63) is 23.8 Å². The van der Waals surface area contributed by atoms with Crippen molar-refractivity contribution in [1.82, 2.24) is 5.32 Å². The van der Waals surface area contributed by atoms with Crippen molar-refractivity contribution in [2.24, 2.45) is 0 Å². The number of phenolic OH excluding ortho intramolecular Hbond substituents is 2. The number of carbonyl (C=O) groups is 1. The summed E-state index contributed by atoms with van der Waals surface area (Å²) < 4.78 is 0. The third kappa shape index (κ3) is 3.35. The molecule has 0 fully saturated rings. The largest absolute Gasteiger partial charge is 0.508 e. The summed E-state index contributed by atoms with van der Waals surface area (Å²) in [6, 6.07) is 3.62. The van der Waals surface area contributed by atoms with E-state index in [-0.39, 0.29) is 17.1 Å². The second kappa shape index (κ2) is 4.63. The Bertz CT molecular complexity index is 406. The van der Waals surface area contributed by atoms with E-state index in [1.165, 1.54) is 12.1 Å². The maximum atomic E-state index is 11.8. The van der Waals surface area contributed by atoms with Crippen LogP contribution in [-0.4, -0.2) is 32.9 Å². The van der Waals surface area contributed by atoms with Gasteiger partial charge in [-0.05, 0) is 32.9 Å². The maximum Gasteiger partial charge on any atom is 0.252 e. The van der Waals surface area contributed by atoms with Crippen LogP contribution in [0.5, 0.6) is 11.5 Å². The average Bonchev–Trinajstić information content (AvgIpc) is 2.15. The molecule has 0 spiro atoms. The Balaban J connectivity index is 2.91. The number of hydrogen-bond acceptors (Lipinski definition) is 4. The molecule has 94 valence electrons. The Morgan fingerprint density at radius 1 is 1.24 bits per heavy atom. The SMILES string of the molecule is CC(O)C(C)(C)NC(=O)c1cc(O)cc(O)c1. The molecule has 0 aliphatic carbocycles. The van der Waals surface area contributed by atoms with Gasteiger partial charge in [-0.25, -0.2) is 0 Å². The van der Waals surface area contributed by atoms with Crippen LogP contribution < -0.4 is 5.32 Å². The fraction of sp³-hybridized carbons (Fsp3) is 0.417. The van der Waals surface area contributed by atoms with Crippen LogP contribution in [0.3, 0.4) is 0 Å². The van der Waals surface area contributed by atoms with Gasteiger partial charge in [0.15, 0.2) is 0 Å². The van der Waals surface area contributed by atoms with Crippen LogP contribution in [0.4, 0.5) is 0 Å². The fourth-order valence-electron chi connectivity index (χ4n) is 1.20. The van der Waals surface area contributed by atoms with Crippen LogP contribution >= 0.6 is 0 Å². The zero-order valence-electron chi connectivity index (χ0n) is 10.1. The Hall–Kier alpha value is -1.75. The molecule has 0 radical (unpaired) electrons. The normalized spacial score (nSPS) is 13.2. The molecule has 5 heteroatoms. The predicted molar refractivity (Wildman–Crippen MR) is 63.0 cm³/mol. The van der Waals surface area contributed by atoms with Crippen molar-refractivity contribution in [3.63, 3.8) is 0 Å². The standard InChI is InChI=1S/C12H17NO4/c1-7(14)12(2,3)13-11(17)8-4-9(15)6-10(16)5-8/h4-7,14-16H,1-3H3,(H,13,17). The second-order valence-corrected chi connectivity index (χ2v) is 4.59. The lowest BCUT2D eigenvalue weighted by Gasteiger charge is -2.29. The highest BCUT2D eigenvalue weighted by molar-refractivity contribution is 5.95. The predicted octanol–water partition coefficient (Wildman–Crippen LogP) is 0.987. The van der Waals surface area contributed by atoms with Gasteiger partial charge in [-0.3, -0.25) is 4.79 Å². The molecule has 1 rings (SSSR count). The lowest BCUT2D eigenvalue weighted by molar-refractivity contribution is 0.0709. The summed E-state index contributed by atoms with van der Waals surface area (Å²) in [7, 11) is 0. The number of amides is 1. The van der Waals surface area contributed by atoms with Crippen LogP contribution in [0, 0.1) is 0 Å². The molecule has 0 aliphatic heterocycles. The lowest BCUT2D eigenvalue weighted by atomic mass is 9.98. The summed E-state index contributed by atoms with van der Waals surface area (Å²) in [4.78, 5) is 11.8. The molecule has 0 bridgehead atoms. The molecule has 17 heavy (non-hydrogen) atoms. The topological polar surface area (TPSA) is 89.8 Å². The minimum absolute atomic E-state index is 0.135. The minimum atomic E-state index is -0.793. The van der Waals surface area contributed by atoms with Gasteiger partial charge in [0.2, 0.25) is 0 Å². The molecule has 0 saturated heterocycles. The molecule has 5 nitrogen and oxygen atoms in total. The fourth-order valence-corrected chi connectivity index (χ4v) is 1.20. The smallest absolute Gasteiger partial charge is 0.252 e. The first-order valence-corrected chi connectivity index (χ1v) is 5.26. The first kappa shape index (κ1) is 13.3. The molecular formula is C12H17NO4. The van der Waals surface area contributed by atoms with E-state index < -0.39 is 17.6 Å². The monoisotopic (exact) mass is 239 g/mol. The van der Waals surface area contributed by atoms with Crippen LogP contribution in [0.15, 0.2) is 18.2 Å². The summed E-state index contributed by atoms with van der Waals surface area (Å²) in [5.74, 6) is -0.850. The van der Waals surface area contributed by atoms with Gasteiger partial charge in [0, 0.05) is 11.6 Å². The molecule has 0 heterocycles. The molecule has 0 aliphatic rings. The van der Waals surface area contributed by atoms with E-state index in [1.807, 2.05) is 0 Å². The molecule has 4 N–H and O–H groups in total. The molecular weight excluding hydrogens is 222 g/mol. The zero-order chi connectivity index (χ0) is 13.2. The van der Waals surface area contributed by atoms with Gasteiger partial charge in [0.25, 0.3) is 5.91 Å². The van der Waals surface area contributed by atoms with E-state index in [1.54, 1.807) is 20.8 Å². The summed E-state index contributed by atoms with van der Waals surface area (Å²) >= 11 is 0. The third-order valence-electron chi connectivity index (χ3n) is 2.64. The molecule has 1 unspecified atom stereocenters. The third-order valence-corrected chi connectivity index (χ3v) is 2.64. The minimum Gasteiger partial charge on any atom is -0.508 e. The highest BCUT2D eigenvalue weighted by Crippen LogP contribution is 2.21. The van der Waals surface area contributed by atoms with Crippen molar-refractivity contribution in [2.45, 2.75) is 32.4 Å². The zero-order valence-corrected chi connectivity index (χ0v) is 10.1. The molecule has 1 atom stereocenters. The highest BCUT2D eigenvalue weighted by Gasteiger charge is 2.26. The number of nitrogens with one attached hydrogen (secondary N) is 1. The van der Waals surface area contributed by atoms with E-state index in [9.17, 15) is 20.1 Å². The molecule has 0 aromatic heterocycles.